The zero-order valence-electron chi connectivity index (χ0n) is 14.0. The number of benzene rings is 2. The maximum Gasteiger partial charge on any atom is 0.331 e. The van der Waals surface area contributed by atoms with Gasteiger partial charge in [0.05, 0.1) is 11.4 Å². The van der Waals surface area contributed by atoms with E-state index in [1.165, 1.54) is 16.7 Å². The lowest BCUT2D eigenvalue weighted by Gasteiger charge is -2.28. The number of rotatable bonds is 3. The van der Waals surface area contributed by atoms with Gasteiger partial charge in [0.2, 0.25) is 5.91 Å². The summed E-state index contributed by atoms with van der Waals surface area (Å²) in [5.74, 6) is 0.392. The number of esters is 1. The van der Waals surface area contributed by atoms with E-state index in [4.69, 9.17) is 4.74 Å². The molecule has 0 fully saturated rings. The van der Waals surface area contributed by atoms with Crippen molar-refractivity contribution in [3.63, 3.8) is 0 Å². The second-order valence-electron chi connectivity index (χ2n) is 5.92. The number of aryl methyl sites for hydroxylation is 2. The second-order valence-corrected chi connectivity index (χ2v) is 6.93. The molecule has 5 heteroatoms. The summed E-state index contributed by atoms with van der Waals surface area (Å²) in [6.07, 6.45) is 0. The highest BCUT2D eigenvalue weighted by Gasteiger charge is 2.27. The Morgan fingerprint density at radius 2 is 1.96 bits per heavy atom. The van der Waals surface area contributed by atoms with E-state index in [0.717, 1.165) is 27.3 Å². The lowest BCUT2D eigenvalue weighted by Crippen LogP contribution is -2.40. The zero-order valence-corrected chi connectivity index (χ0v) is 14.8. The van der Waals surface area contributed by atoms with Crippen molar-refractivity contribution in [1.29, 1.82) is 0 Å². The Kier molecular flexibility index (Phi) is 4.62. The molecule has 0 aliphatic carbocycles. The van der Waals surface area contributed by atoms with Crippen LogP contribution in [0.4, 0.5) is 5.69 Å². The molecule has 2 aromatic rings. The van der Waals surface area contributed by atoms with Gasteiger partial charge in [0.15, 0.2) is 0 Å². The van der Waals surface area contributed by atoms with E-state index in [2.05, 4.69) is 0 Å². The van der Waals surface area contributed by atoms with Gasteiger partial charge < -0.3 is 4.74 Å². The number of ether oxygens (including phenoxy) is 1. The molecule has 0 unspecified atom stereocenters. The van der Waals surface area contributed by atoms with Gasteiger partial charge in [-0.2, -0.15) is 0 Å². The number of thioether (sulfide) groups is 1. The molecule has 2 aromatic carbocycles. The van der Waals surface area contributed by atoms with Crippen molar-refractivity contribution < 1.29 is 14.3 Å². The fraction of sp³-hybridized carbons (Fsp3) is 0.263. The van der Waals surface area contributed by atoms with E-state index in [1.54, 1.807) is 0 Å². The summed E-state index contributed by atoms with van der Waals surface area (Å²) >= 11 is 1.49. The second kappa shape index (κ2) is 6.69. The monoisotopic (exact) mass is 341 g/mol. The lowest BCUT2D eigenvalue weighted by atomic mass is 10.1. The standard InChI is InChI=1S/C19H19NO3S/c1-12-8-13(2)14(3)16(9-12)23-19(22)10-20-15-6-4-5-7-17(15)24-11-18(20)21/h4-9H,10-11H2,1-3H3. The minimum atomic E-state index is -0.432. The quantitative estimate of drug-likeness (QED) is 0.631. The molecule has 1 amide bonds. The Morgan fingerprint density at radius 3 is 2.75 bits per heavy atom. The van der Waals surface area contributed by atoms with Crippen LogP contribution in [0.25, 0.3) is 0 Å². The van der Waals surface area contributed by atoms with Crippen LogP contribution in [0.5, 0.6) is 5.75 Å². The number of carbonyl (C=O) groups excluding carboxylic acids is 2. The van der Waals surface area contributed by atoms with E-state index in [1.807, 2.05) is 57.2 Å². The number of carbonyl (C=O) groups is 2. The van der Waals surface area contributed by atoms with Gasteiger partial charge in [-0.05, 0) is 55.7 Å². The fourth-order valence-electron chi connectivity index (χ4n) is 2.72. The molecule has 24 heavy (non-hydrogen) atoms. The van der Waals surface area contributed by atoms with Crippen molar-refractivity contribution in [1.82, 2.24) is 0 Å². The van der Waals surface area contributed by atoms with E-state index in [9.17, 15) is 9.59 Å². The highest BCUT2D eigenvalue weighted by atomic mass is 32.2. The van der Waals surface area contributed by atoms with E-state index in [0.29, 0.717) is 11.5 Å². The van der Waals surface area contributed by atoms with Crippen LogP contribution in [0, 0.1) is 20.8 Å². The van der Waals surface area contributed by atoms with Crippen LogP contribution in [0.2, 0.25) is 0 Å². The molecule has 0 spiro atoms. The van der Waals surface area contributed by atoms with Crippen LogP contribution >= 0.6 is 11.8 Å². The van der Waals surface area contributed by atoms with Gasteiger partial charge in [0, 0.05) is 4.90 Å². The Bertz CT molecular complexity index is 816. The molecule has 124 valence electrons. The van der Waals surface area contributed by atoms with Crippen molar-refractivity contribution in [2.24, 2.45) is 0 Å². The molecule has 1 aliphatic heterocycles. The predicted molar refractivity (Wildman–Crippen MR) is 95.8 cm³/mol. The number of para-hydroxylation sites is 1. The average Bonchev–Trinajstić information content (AvgIpc) is 2.55. The van der Waals surface area contributed by atoms with Gasteiger partial charge in [0.25, 0.3) is 0 Å². The minimum Gasteiger partial charge on any atom is -0.425 e. The average molecular weight is 341 g/mol. The first kappa shape index (κ1) is 16.6. The summed E-state index contributed by atoms with van der Waals surface area (Å²) in [6, 6.07) is 11.5. The third-order valence-electron chi connectivity index (χ3n) is 4.08. The minimum absolute atomic E-state index is 0.0761. The summed E-state index contributed by atoms with van der Waals surface area (Å²) in [6.45, 7) is 5.80. The number of hydrogen-bond donors (Lipinski definition) is 0. The van der Waals surface area contributed by atoms with Crippen molar-refractivity contribution in [2.75, 3.05) is 17.2 Å². The van der Waals surface area contributed by atoms with E-state index >= 15 is 0 Å². The van der Waals surface area contributed by atoms with Gasteiger partial charge in [-0.1, -0.05) is 18.2 Å². The highest BCUT2D eigenvalue weighted by Crippen LogP contribution is 2.34. The number of amides is 1. The summed E-state index contributed by atoms with van der Waals surface area (Å²) in [5, 5.41) is 0. The Labute approximate surface area is 145 Å². The zero-order chi connectivity index (χ0) is 17.3. The lowest BCUT2D eigenvalue weighted by molar-refractivity contribution is -0.134. The summed E-state index contributed by atoms with van der Waals surface area (Å²) < 4.78 is 5.53. The molecule has 4 nitrogen and oxygen atoms in total. The first-order valence-corrected chi connectivity index (χ1v) is 8.75. The first-order valence-electron chi connectivity index (χ1n) is 7.76. The molecule has 0 atom stereocenters. The van der Waals surface area contributed by atoms with Crippen LogP contribution in [-0.2, 0) is 9.59 Å². The molecule has 0 bridgehead atoms. The van der Waals surface area contributed by atoms with Gasteiger partial charge in [-0.15, -0.1) is 11.8 Å². The fourth-order valence-corrected chi connectivity index (χ4v) is 3.65. The Hall–Kier alpha value is -2.27. The smallest absolute Gasteiger partial charge is 0.331 e. The number of hydrogen-bond acceptors (Lipinski definition) is 4. The van der Waals surface area contributed by atoms with Crippen LogP contribution in [0.15, 0.2) is 41.3 Å². The van der Waals surface area contributed by atoms with Crippen molar-refractivity contribution >= 4 is 29.3 Å². The van der Waals surface area contributed by atoms with E-state index in [-0.39, 0.29) is 12.5 Å². The van der Waals surface area contributed by atoms with E-state index < -0.39 is 5.97 Å². The normalized spacial score (nSPS) is 13.6. The Balaban J connectivity index is 1.80. The first-order chi connectivity index (χ1) is 11.5. The number of anilines is 1. The van der Waals surface area contributed by atoms with Crippen LogP contribution in [-0.4, -0.2) is 24.2 Å². The maximum absolute atomic E-state index is 12.4. The third-order valence-corrected chi connectivity index (χ3v) is 5.13. The molecule has 0 saturated carbocycles. The van der Waals surface area contributed by atoms with Gasteiger partial charge >= 0.3 is 5.97 Å². The van der Waals surface area contributed by atoms with Gasteiger partial charge in [0.1, 0.15) is 12.3 Å². The highest BCUT2D eigenvalue weighted by molar-refractivity contribution is 8.00. The number of nitrogens with zero attached hydrogens (tertiary/aromatic N) is 1. The predicted octanol–water partition coefficient (Wildman–Crippen LogP) is 3.66. The van der Waals surface area contributed by atoms with Crippen LogP contribution in [0.3, 0.4) is 0 Å². The molecule has 1 aliphatic rings. The van der Waals surface area contributed by atoms with Gasteiger partial charge in [-0.25, -0.2) is 4.79 Å². The maximum atomic E-state index is 12.4. The summed E-state index contributed by atoms with van der Waals surface area (Å²) in [4.78, 5) is 27.1. The van der Waals surface area contributed by atoms with Crippen LogP contribution < -0.4 is 9.64 Å². The van der Waals surface area contributed by atoms with Crippen molar-refractivity contribution in [3.05, 3.63) is 53.1 Å². The summed E-state index contributed by atoms with van der Waals surface area (Å²) in [7, 11) is 0. The molecular formula is C19H19NO3S. The van der Waals surface area contributed by atoms with Crippen molar-refractivity contribution in [3.8, 4) is 5.75 Å². The number of fused-ring (bicyclic) bond motifs is 1. The SMILES string of the molecule is Cc1cc(C)c(C)c(OC(=O)CN2C(=O)CSc3ccccc32)c1. The molecular weight excluding hydrogens is 322 g/mol. The molecule has 0 saturated heterocycles. The molecule has 1 heterocycles. The molecule has 0 aromatic heterocycles. The Morgan fingerprint density at radius 1 is 1.21 bits per heavy atom. The van der Waals surface area contributed by atoms with Crippen molar-refractivity contribution in [2.45, 2.75) is 25.7 Å². The summed E-state index contributed by atoms with van der Waals surface area (Å²) in [5.41, 5.74) is 3.83. The third kappa shape index (κ3) is 3.31. The molecule has 0 radical (unpaired) electrons. The largest absolute Gasteiger partial charge is 0.425 e. The van der Waals surface area contributed by atoms with Gasteiger partial charge in [-0.3, -0.25) is 9.69 Å². The molecule has 0 N–H and O–H groups in total. The topological polar surface area (TPSA) is 46.6 Å². The van der Waals surface area contributed by atoms with Crippen LogP contribution in [0.1, 0.15) is 16.7 Å². The molecule has 3 rings (SSSR count).